The molecule has 11 heteroatoms. The van der Waals surface area contributed by atoms with Crippen molar-refractivity contribution < 1.29 is 19.2 Å². The highest BCUT2D eigenvalue weighted by Gasteiger charge is 2.40. The summed E-state index contributed by atoms with van der Waals surface area (Å²) in [6, 6.07) is 12.5. The van der Waals surface area contributed by atoms with Crippen LogP contribution in [0.5, 0.6) is 5.75 Å². The number of ether oxygens (including phenoxy) is 1. The Morgan fingerprint density at radius 2 is 2.06 bits per heavy atom. The molecular formula is C20H19N5O5S. The number of benzene rings is 2. The van der Waals surface area contributed by atoms with Crippen molar-refractivity contribution in [2.45, 2.75) is 18.6 Å². The van der Waals surface area contributed by atoms with E-state index in [0.717, 1.165) is 16.7 Å². The molecule has 0 bridgehead atoms. The van der Waals surface area contributed by atoms with Gasteiger partial charge < -0.3 is 10.5 Å². The van der Waals surface area contributed by atoms with Crippen molar-refractivity contribution in [2.75, 3.05) is 11.5 Å². The number of amides is 2. The molecule has 1 aliphatic rings. The highest BCUT2D eigenvalue weighted by molar-refractivity contribution is 8.14. The molecular weight excluding hydrogens is 422 g/mol. The molecule has 31 heavy (non-hydrogen) atoms. The number of nitrogens with two attached hydrogens (primary N) is 1. The summed E-state index contributed by atoms with van der Waals surface area (Å²) in [4.78, 5) is 36.5. The van der Waals surface area contributed by atoms with Crippen LogP contribution < -0.4 is 15.4 Å². The first-order valence-electron chi connectivity index (χ1n) is 9.26. The van der Waals surface area contributed by atoms with Gasteiger partial charge in [0, 0.05) is 24.1 Å². The summed E-state index contributed by atoms with van der Waals surface area (Å²) in [6.07, 6.45) is 1.30. The third-order valence-electron chi connectivity index (χ3n) is 4.22. The molecule has 0 saturated carbocycles. The Balaban J connectivity index is 1.64. The molecule has 1 fully saturated rings. The Kier molecular flexibility index (Phi) is 6.98. The van der Waals surface area contributed by atoms with E-state index in [1.54, 1.807) is 30.3 Å². The number of carbonyl (C=O) groups excluding carboxylic acids is 2. The van der Waals surface area contributed by atoms with Gasteiger partial charge >= 0.3 is 0 Å². The molecule has 160 valence electrons. The minimum atomic E-state index is -0.712. The number of non-ortho nitro benzene ring substituents is 1. The highest BCUT2D eigenvalue weighted by Crippen LogP contribution is 2.30. The fourth-order valence-electron chi connectivity index (χ4n) is 2.87. The molecule has 2 aromatic rings. The van der Waals surface area contributed by atoms with Crippen molar-refractivity contribution in [2.24, 2.45) is 15.9 Å². The van der Waals surface area contributed by atoms with Gasteiger partial charge in [-0.1, -0.05) is 23.9 Å². The van der Waals surface area contributed by atoms with Crippen LogP contribution in [0.25, 0.3) is 0 Å². The van der Waals surface area contributed by atoms with Gasteiger partial charge in [-0.2, -0.15) is 5.10 Å². The second kappa shape index (κ2) is 9.85. The highest BCUT2D eigenvalue weighted by atomic mass is 32.2. The normalized spacial score (nSPS) is 16.9. The molecule has 2 N–H and O–H groups in total. The molecule has 1 aliphatic heterocycles. The summed E-state index contributed by atoms with van der Waals surface area (Å²) in [5.41, 5.74) is 6.70. The maximum Gasteiger partial charge on any atom is 0.270 e. The van der Waals surface area contributed by atoms with Gasteiger partial charge in [0.25, 0.3) is 5.69 Å². The summed E-state index contributed by atoms with van der Waals surface area (Å²) in [6.45, 7) is 2.38. The Bertz CT molecular complexity index is 1050. The smallest absolute Gasteiger partial charge is 0.270 e. The van der Waals surface area contributed by atoms with E-state index in [-0.39, 0.29) is 29.1 Å². The van der Waals surface area contributed by atoms with E-state index in [4.69, 9.17) is 10.5 Å². The lowest BCUT2D eigenvalue weighted by atomic mass is 10.2. The van der Waals surface area contributed by atoms with Crippen LogP contribution in [0.15, 0.2) is 58.7 Å². The second-order valence-corrected chi connectivity index (χ2v) is 7.56. The number of carbonyl (C=O) groups is 2. The van der Waals surface area contributed by atoms with Crippen LogP contribution in [0, 0.1) is 10.1 Å². The monoisotopic (exact) mass is 441 g/mol. The standard InChI is InChI=1S/C20H19N5O5S/c1-2-30-16-8-6-14(7-9-16)24-18(26)11-17(19(24)27)31-20(21)23-22-12-13-4-3-5-15(10-13)25(28)29/h3-10,12,17H,2,11H2,1H3,(H2,21,23)/b22-12-. The first-order valence-corrected chi connectivity index (χ1v) is 10.1. The third-order valence-corrected chi connectivity index (χ3v) is 5.19. The third kappa shape index (κ3) is 5.45. The van der Waals surface area contributed by atoms with E-state index < -0.39 is 10.2 Å². The van der Waals surface area contributed by atoms with Crippen LogP contribution in [0.2, 0.25) is 0 Å². The molecule has 2 aromatic carbocycles. The molecule has 1 atom stereocenters. The predicted molar refractivity (Wildman–Crippen MR) is 118 cm³/mol. The lowest BCUT2D eigenvalue weighted by Gasteiger charge is -2.15. The van der Waals surface area contributed by atoms with Crippen molar-refractivity contribution in [3.05, 3.63) is 64.2 Å². The number of thioether (sulfide) groups is 1. The number of imide groups is 1. The predicted octanol–water partition coefficient (Wildman–Crippen LogP) is 2.71. The van der Waals surface area contributed by atoms with Crippen molar-refractivity contribution in [1.29, 1.82) is 0 Å². The zero-order valence-electron chi connectivity index (χ0n) is 16.5. The maximum absolute atomic E-state index is 12.7. The van der Waals surface area contributed by atoms with Gasteiger partial charge in [-0.25, -0.2) is 4.90 Å². The van der Waals surface area contributed by atoms with E-state index in [1.165, 1.54) is 24.4 Å². The average Bonchev–Trinajstić information content (AvgIpc) is 3.02. The number of amidine groups is 1. The van der Waals surface area contributed by atoms with Crippen LogP contribution in [-0.2, 0) is 9.59 Å². The first-order chi connectivity index (χ1) is 14.9. The summed E-state index contributed by atoms with van der Waals surface area (Å²) in [7, 11) is 0. The number of hydrogen-bond acceptors (Lipinski definition) is 8. The molecule has 1 heterocycles. The number of hydrogen-bond donors (Lipinski definition) is 1. The van der Waals surface area contributed by atoms with Gasteiger partial charge in [0.05, 0.1) is 23.4 Å². The Morgan fingerprint density at radius 1 is 1.32 bits per heavy atom. The number of rotatable bonds is 7. The van der Waals surface area contributed by atoms with E-state index >= 15 is 0 Å². The van der Waals surface area contributed by atoms with Gasteiger partial charge in [0.1, 0.15) is 11.0 Å². The number of nitro benzene ring substituents is 1. The molecule has 2 amide bonds. The minimum Gasteiger partial charge on any atom is -0.494 e. The molecule has 0 spiro atoms. The lowest BCUT2D eigenvalue weighted by molar-refractivity contribution is -0.384. The SMILES string of the molecule is CCOc1ccc(N2C(=O)CC(S/C(N)=N/N=C\c3cccc([N+](=O)[O-])c3)C2=O)cc1. The molecule has 10 nitrogen and oxygen atoms in total. The average molecular weight is 441 g/mol. The molecule has 3 rings (SSSR count). The van der Waals surface area contributed by atoms with Crippen LogP contribution in [-0.4, -0.2) is 40.0 Å². The van der Waals surface area contributed by atoms with Gasteiger partial charge in [-0.05, 0) is 31.2 Å². The Hall–Kier alpha value is -3.73. The minimum absolute atomic E-state index is 0.00127. The van der Waals surface area contributed by atoms with E-state index in [2.05, 4.69) is 10.2 Å². The zero-order valence-corrected chi connectivity index (χ0v) is 17.3. The molecule has 0 radical (unpaired) electrons. The van der Waals surface area contributed by atoms with Crippen molar-refractivity contribution in [3.8, 4) is 5.75 Å². The molecule has 1 saturated heterocycles. The summed E-state index contributed by atoms with van der Waals surface area (Å²) < 4.78 is 5.37. The molecule has 0 aromatic heterocycles. The maximum atomic E-state index is 12.7. The Labute approximate surface area is 181 Å². The Morgan fingerprint density at radius 3 is 2.74 bits per heavy atom. The second-order valence-electron chi connectivity index (χ2n) is 6.34. The molecule has 1 unspecified atom stereocenters. The summed E-state index contributed by atoms with van der Waals surface area (Å²) in [5.74, 6) is -0.0752. The topological polar surface area (TPSA) is 140 Å². The van der Waals surface area contributed by atoms with Gasteiger partial charge in [0.15, 0.2) is 5.17 Å². The lowest BCUT2D eigenvalue weighted by Crippen LogP contribution is -2.31. The van der Waals surface area contributed by atoms with E-state index in [9.17, 15) is 19.7 Å². The number of nitro groups is 1. The van der Waals surface area contributed by atoms with Crippen molar-refractivity contribution in [1.82, 2.24) is 0 Å². The fourth-order valence-corrected chi connectivity index (χ4v) is 3.68. The van der Waals surface area contributed by atoms with E-state index in [1.807, 2.05) is 6.92 Å². The van der Waals surface area contributed by atoms with Crippen LogP contribution in [0.1, 0.15) is 18.9 Å². The molecule has 0 aliphatic carbocycles. The summed E-state index contributed by atoms with van der Waals surface area (Å²) in [5, 5.41) is 17.7. The largest absolute Gasteiger partial charge is 0.494 e. The van der Waals surface area contributed by atoms with Gasteiger partial charge in [0.2, 0.25) is 11.8 Å². The number of anilines is 1. The van der Waals surface area contributed by atoms with Gasteiger partial charge in [-0.3, -0.25) is 19.7 Å². The van der Waals surface area contributed by atoms with E-state index in [0.29, 0.717) is 23.6 Å². The van der Waals surface area contributed by atoms with Gasteiger partial charge in [-0.15, -0.1) is 5.10 Å². The zero-order chi connectivity index (χ0) is 22.4. The quantitative estimate of drug-likeness (QED) is 0.229. The van der Waals surface area contributed by atoms with Crippen LogP contribution in [0.3, 0.4) is 0 Å². The van der Waals surface area contributed by atoms with Crippen molar-refractivity contribution >= 4 is 46.3 Å². The fraction of sp³-hybridized carbons (Fsp3) is 0.200. The first kappa shape index (κ1) is 22.0. The van der Waals surface area contributed by atoms with Crippen LogP contribution in [0.4, 0.5) is 11.4 Å². The van der Waals surface area contributed by atoms with Crippen LogP contribution >= 0.6 is 11.8 Å². The summed E-state index contributed by atoms with van der Waals surface area (Å²) >= 11 is 0.941. The number of nitrogens with zero attached hydrogens (tertiary/aromatic N) is 4. The van der Waals surface area contributed by atoms with Crippen molar-refractivity contribution in [3.63, 3.8) is 0 Å².